The molecule has 1 aromatic rings. The molecule has 144 valence electrons. The highest BCUT2D eigenvalue weighted by molar-refractivity contribution is 7.84. The van der Waals surface area contributed by atoms with Gasteiger partial charge >= 0.3 is 5.97 Å². The summed E-state index contributed by atoms with van der Waals surface area (Å²) in [7, 11) is -1.06. The Morgan fingerprint density at radius 1 is 1.22 bits per heavy atom. The summed E-state index contributed by atoms with van der Waals surface area (Å²) < 4.78 is 16.9. The number of ether oxygens (including phenoxy) is 1. The van der Waals surface area contributed by atoms with Crippen molar-refractivity contribution >= 4 is 22.6 Å². The minimum atomic E-state index is -1.06. The van der Waals surface area contributed by atoms with Gasteiger partial charge in [0.15, 0.2) is 5.78 Å². The minimum absolute atomic E-state index is 0.00583. The van der Waals surface area contributed by atoms with Crippen LogP contribution in [0.15, 0.2) is 53.1 Å². The smallest absolute Gasteiger partial charge is 0.313 e. The number of carbonyl (C=O) groups excluding carboxylic acids is 2. The number of hydrogen-bond donors (Lipinski definition) is 0. The van der Waals surface area contributed by atoms with E-state index in [1.807, 2.05) is 32.1 Å². The molecule has 0 radical (unpaired) electrons. The lowest BCUT2D eigenvalue weighted by Crippen LogP contribution is -2.35. The molecule has 0 amide bonds. The van der Waals surface area contributed by atoms with Crippen LogP contribution < -0.4 is 0 Å². The summed E-state index contributed by atoms with van der Waals surface area (Å²) in [4.78, 5) is 28.0. The standard InChI is InChI=1S/C21H25NO4S/c1-14(2)26-21(24)16-5-4-12-22-17(13-16)8-11-19(22)20(23)15-6-9-18(10-7-15)27(3)25/h6-11,13-14,16,19H,4-5,12H2,1-3H3. The second-order valence-electron chi connectivity index (χ2n) is 7.17. The van der Waals surface area contributed by atoms with E-state index in [0.717, 1.165) is 25.1 Å². The van der Waals surface area contributed by atoms with Crippen LogP contribution in [0.4, 0.5) is 0 Å². The summed E-state index contributed by atoms with van der Waals surface area (Å²) in [5, 5.41) is 0. The molecule has 0 bridgehead atoms. The van der Waals surface area contributed by atoms with Crippen molar-refractivity contribution in [2.75, 3.05) is 12.8 Å². The Bertz CT molecular complexity index is 810. The monoisotopic (exact) mass is 387 g/mol. The van der Waals surface area contributed by atoms with Gasteiger partial charge in [-0.3, -0.25) is 13.8 Å². The molecule has 5 nitrogen and oxygen atoms in total. The van der Waals surface area contributed by atoms with Crippen molar-refractivity contribution < 1.29 is 18.5 Å². The zero-order valence-electron chi connectivity index (χ0n) is 15.9. The Balaban J connectivity index is 1.76. The largest absolute Gasteiger partial charge is 0.463 e. The lowest BCUT2D eigenvalue weighted by molar-refractivity contribution is -0.150. The molecule has 0 spiro atoms. The number of esters is 1. The fourth-order valence-corrected chi connectivity index (χ4v) is 3.98. The van der Waals surface area contributed by atoms with Gasteiger partial charge in [-0.1, -0.05) is 18.2 Å². The summed E-state index contributed by atoms with van der Waals surface area (Å²) >= 11 is 0. The third-order valence-corrected chi connectivity index (χ3v) is 5.73. The van der Waals surface area contributed by atoms with Gasteiger partial charge in [-0.25, -0.2) is 0 Å². The quantitative estimate of drug-likeness (QED) is 0.574. The Kier molecular flexibility index (Phi) is 5.95. The van der Waals surface area contributed by atoms with Crippen LogP contribution in [0, 0.1) is 5.92 Å². The molecule has 27 heavy (non-hydrogen) atoms. The second kappa shape index (κ2) is 8.21. The van der Waals surface area contributed by atoms with E-state index in [2.05, 4.69) is 4.90 Å². The van der Waals surface area contributed by atoms with Crippen molar-refractivity contribution in [1.29, 1.82) is 0 Å². The molecule has 3 atom stereocenters. The molecule has 0 aromatic heterocycles. The first-order valence-corrected chi connectivity index (χ1v) is 10.8. The predicted molar refractivity (Wildman–Crippen MR) is 105 cm³/mol. The van der Waals surface area contributed by atoms with Gasteiger partial charge in [-0.05, 0) is 51.0 Å². The summed E-state index contributed by atoms with van der Waals surface area (Å²) in [6, 6.07) is 6.57. The van der Waals surface area contributed by atoms with Gasteiger partial charge in [0.25, 0.3) is 0 Å². The Morgan fingerprint density at radius 3 is 2.56 bits per heavy atom. The van der Waals surface area contributed by atoms with Crippen molar-refractivity contribution in [2.45, 2.75) is 43.7 Å². The molecule has 0 N–H and O–H groups in total. The molecule has 2 aliphatic heterocycles. The van der Waals surface area contributed by atoms with Crippen LogP contribution in [0.3, 0.4) is 0 Å². The summed E-state index contributed by atoms with van der Waals surface area (Å²) in [5.41, 5.74) is 1.50. The maximum absolute atomic E-state index is 13.0. The fraction of sp³-hybridized carbons (Fsp3) is 0.429. The minimum Gasteiger partial charge on any atom is -0.463 e. The molecule has 0 saturated heterocycles. The number of rotatable bonds is 5. The normalized spacial score (nSPS) is 22.8. The Morgan fingerprint density at radius 2 is 1.93 bits per heavy atom. The van der Waals surface area contributed by atoms with E-state index < -0.39 is 10.8 Å². The first kappa shape index (κ1) is 19.5. The first-order chi connectivity index (χ1) is 12.9. The number of Topliss-reactive ketones (excluding diaryl/α,β-unsaturated/α-hetero) is 1. The number of nitrogens with zero attached hydrogens (tertiary/aromatic N) is 1. The van der Waals surface area contributed by atoms with Crippen LogP contribution in [0.5, 0.6) is 0 Å². The van der Waals surface area contributed by atoms with Crippen molar-refractivity contribution in [2.24, 2.45) is 5.92 Å². The lowest BCUT2D eigenvalue weighted by atomic mass is 10.0. The first-order valence-electron chi connectivity index (χ1n) is 9.21. The number of benzene rings is 1. The zero-order valence-corrected chi connectivity index (χ0v) is 16.7. The van der Waals surface area contributed by atoms with Crippen LogP contribution in [0.2, 0.25) is 0 Å². The number of allylic oxidation sites excluding steroid dienone is 1. The molecule has 2 heterocycles. The fourth-order valence-electron chi connectivity index (χ4n) is 3.46. The van der Waals surface area contributed by atoms with Crippen LogP contribution in [-0.2, 0) is 20.3 Å². The predicted octanol–water partition coefficient (Wildman–Crippen LogP) is 3.09. The van der Waals surface area contributed by atoms with E-state index in [1.165, 1.54) is 0 Å². The summed E-state index contributed by atoms with van der Waals surface area (Å²) in [6.07, 6.45) is 8.74. The van der Waals surface area contributed by atoms with E-state index in [-0.39, 0.29) is 29.8 Å². The Labute approximate surface area is 162 Å². The SMILES string of the molecule is CC(C)OC(=O)C1C=C2C=CC(C(=O)c3ccc(S(C)=O)cc3)N2CCC1. The maximum Gasteiger partial charge on any atom is 0.313 e. The van der Waals surface area contributed by atoms with E-state index in [1.54, 1.807) is 30.5 Å². The average Bonchev–Trinajstić information content (AvgIpc) is 2.90. The zero-order chi connectivity index (χ0) is 19.6. The molecule has 0 saturated carbocycles. The van der Waals surface area contributed by atoms with E-state index >= 15 is 0 Å². The molecule has 6 heteroatoms. The van der Waals surface area contributed by atoms with Crippen molar-refractivity contribution in [3.8, 4) is 0 Å². The van der Waals surface area contributed by atoms with Gasteiger partial charge in [0.1, 0.15) is 6.04 Å². The number of ketones is 1. The molecular weight excluding hydrogens is 362 g/mol. The average molecular weight is 388 g/mol. The third kappa shape index (κ3) is 4.38. The molecule has 3 unspecified atom stereocenters. The molecular formula is C21H25NO4S. The van der Waals surface area contributed by atoms with E-state index in [4.69, 9.17) is 4.74 Å². The van der Waals surface area contributed by atoms with Gasteiger partial charge in [-0.15, -0.1) is 0 Å². The topological polar surface area (TPSA) is 63.7 Å². The summed E-state index contributed by atoms with van der Waals surface area (Å²) in [6.45, 7) is 4.41. The summed E-state index contributed by atoms with van der Waals surface area (Å²) in [5.74, 6) is -0.471. The number of fused-ring (bicyclic) bond motifs is 1. The van der Waals surface area contributed by atoms with Crippen molar-refractivity contribution in [1.82, 2.24) is 4.90 Å². The van der Waals surface area contributed by atoms with Gasteiger partial charge in [-0.2, -0.15) is 0 Å². The third-order valence-electron chi connectivity index (χ3n) is 4.80. The highest BCUT2D eigenvalue weighted by Gasteiger charge is 2.33. The maximum atomic E-state index is 13.0. The van der Waals surface area contributed by atoms with Crippen LogP contribution in [0.1, 0.15) is 37.0 Å². The highest BCUT2D eigenvalue weighted by atomic mass is 32.2. The molecule has 2 aliphatic rings. The van der Waals surface area contributed by atoms with Gasteiger partial charge in [0.2, 0.25) is 0 Å². The number of hydrogen-bond acceptors (Lipinski definition) is 5. The molecule has 0 aliphatic carbocycles. The van der Waals surface area contributed by atoms with Crippen LogP contribution in [-0.4, -0.2) is 45.8 Å². The highest BCUT2D eigenvalue weighted by Crippen LogP contribution is 2.30. The van der Waals surface area contributed by atoms with Gasteiger partial charge in [0.05, 0.1) is 12.0 Å². The Hall–Kier alpha value is -2.21. The second-order valence-corrected chi connectivity index (χ2v) is 8.55. The lowest BCUT2D eigenvalue weighted by Gasteiger charge is -2.26. The van der Waals surface area contributed by atoms with Crippen LogP contribution >= 0.6 is 0 Å². The number of carbonyl (C=O) groups is 2. The van der Waals surface area contributed by atoms with Crippen LogP contribution in [0.25, 0.3) is 0 Å². The van der Waals surface area contributed by atoms with Gasteiger partial charge < -0.3 is 9.64 Å². The molecule has 0 fully saturated rings. The van der Waals surface area contributed by atoms with E-state index in [0.29, 0.717) is 10.5 Å². The van der Waals surface area contributed by atoms with E-state index in [9.17, 15) is 13.8 Å². The van der Waals surface area contributed by atoms with Crippen molar-refractivity contribution in [3.63, 3.8) is 0 Å². The molecule has 3 rings (SSSR count). The van der Waals surface area contributed by atoms with Gasteiger partial charge in [0, 0.05) is 39.8 Å². The molecule has 1 aromatic carbocycles. The van der Waals surface area contributed by atoms with Crippen molar-refractivity contribution in [3.05, 3.63) is 53.8 Å².